The normalized spacial score (nSPS) is 16.2. The van der Waals surface area contributed by atoms with Gasteiger partial charge in [0, 0.05) is 6.07 Å². The predicted molar refractivity (Wildman–Crippen MR) is 87.3 cm³/mol. The van der Waals surface area contributed by atoms with E-state index in [1.165, 1.54) is 25.7 Å². The van der Waals surface area contributed by atoms with Crippen molar-refractivity contribution in [2.45, 2.75) is 32.2 Å². The highest BCUT2D eigenvalue weighted by Crippen LogP contribution is 2.21. The number of fused-ring (bicyclic) bond motifs is 1. The van der Waals surface area contributed by atoms with Gasteiger partial charge in [0.2, 0.25) is 11.8 Å². The van der Waals surface area contributed by atoms with Gasteiger partial charge in [-0.2, -0.15) is 0 Å². The fourth-order valence-electron chi connectivity index (χ4n) is 2.89. The summed E-state index contributed by atoms with van der Waals surface area (Å²) in [6, 6.07) is 5.47. The van der Waals surface area contributed by atoms with Crippen LogP contribution < -0.4 is 10.1 Å². The van der Waals surface area contributed by atoms with Crippen molar-refractivity contribution in [2.24, 2.45) is 0 Å². The van der Waals surface area contributed by atoms with Crippen LogP contribution in [0.3, 0.4) is 0 Å². The summed E-state index contributed by atoms with van der Waals surface area (Å²) in [7, 11) is 1.62. The van der Waals surface area contributed by atoms with Crippen LogP contribution in [-0.4, -0.2) is 42.5 Å². The molecule has 0 spiro atoms. The van der Waals surface area contributed by atoms with Gasteiger partial charge in [-0.3, -0.25) is 9.69 Å². The molecule has 2 heterocycles. The fraction of sp³-hybridized carbons (Fsp3) is 0.529. The maximum Gasteiger partial charge on any atom is 0.234 e. The van der Waals surface area contributed by atoms with Crippen LogP contribution >= 0.6 is 0 Å². The van der Waals surface area contributed by atoms with Gasteiger partial charge in [0.1, 0.15) is 11.3 Å². The van der Waals surface area contributed by atoms with Crippen molar-refractivity contribution in [1.82, 2.24) is 15.2 Å². The Balaban J connectivity index is 1.54. The lowest BCUT2D eigenvalue weighted by Gasteiger charge is -2.18. The van der Waals surface area contributed by atoms with E-state index in [-0.39, 0.29) is 5.91 Å². The summed E-state index contributed by atoms with van der Waals surface area (Å²) in [4.78, 5) is 18.7. The van der Waals surface area contributed by atoms with Crippen molar-refractivity contribution in [3.8, 4) is 5.75 Å². The summed E-state index contributed by atoms with van der Waals surface area (Å²) < 4.78 is 10.8. The van der Waals surface area contributed by atoms with Gasteiger partial charge < -0.3 is 14.5 Å². The van der Waals surface area contributed by atoms with E-state index in [0.717, 1.165) is 24.4 Å². The molecule has 1 aliphatic rings. The molecule has 0 radical (unpaired) electrons. The van der Waals surface area contributed by atoms with Gasteiger partial charge in [0.15, 0.2) is 5.58 Å². The highest BCUT2D eigenvalue weighted by Gasteiger charge is 2.14. The third kappa shape index (κ3) is 4.22. The van der Waals surface area contributed by atoms with E-state index in [4.69, 9.17) is 9.15 Å². The molecule has 1 aromatic heterocycles. The number of hydrogen-bond donors (Lipinski definition) is 1. The first-order valence-electron chi connectivity index (χ1n) is 8.17. The number of carbonyl (C=O) groups excluding carboxylic acids is 1. The minimum Gasteiger partial charge on any atom is -0.497 e. The Hall–Kier alpha value is -2.08. The van der Waals surface area contributed by atoms with E-state index in [2.05, 4.69) is 15.2 Å². The summed E-state index contributed by atoms with van der Waals surface area (Å²) >= 11 is 0. The highest BCUT2D eigenvalue weighted by molar-refractivity contribution is 5.78. The number of carbonyl (C=O) groups is 1. The molecule has 0 unspecified atom stereocenters. The van der Waals surface area contributed by atoms with E-state index >= 15 is 0 Å². The smallest absolute Gasteiger partial charge is 0.234 e. The molecule has 6 heteroatoms. The predicted octanol–water partition coefficient (Wildman–Crippen LogP) is 2.33. The molecule has 1 N–H and O–H groups in total. The van der Waals surface area contributed by atoms with Gasteiger partial charge in [0.05, 0.1) is 20.2 Å². The number of aromatic nitrogens is 1. The summed E-state index contributed by atoms with van der Waals surface area (Å²) in [5.74, 6) is 1.27. The number of rotatable bonds is 5. The van der Waals surface area contributed by atoms with Gasteiger partial charge >= 0.3 is 0 Å². The lowest BCUT2D eigenvalue weighted by molar-refractivity contribution is -0.122. The minimum absolute atomic E-state index is 0.0201. The molecule has 3 rings (SSSR count). The molecule has 1 saturated heterocycles. The molecule has 0 atom stereocenters. The van der Waals surface area contributed by atoms with Crippen LogP contribution in [0.4, 0.5) is 0 Å². The molecular formula is C17H23N3O3. The van der Waals surface area contributed by atoms with Crippen molar-refractivity contribution in [3.05, 3.63) is 24.1 Å². The second-order valence-electron chi connectivity index (χ2n) is 5.91. The number of ether oxygens (including phenoxy) is 1. The number of likely N-dealkylation sites (tertiary alicyclic amines) is 1. The number of hydrogen-bond acceptors (Lipinski definition) is 5. The van der Waals surface area contributed by atoms with Crippen molar-refractivity contribution < 1.29 is 13.9 Å². The highest BCUT2D eigenvalue weighted by atomic mass is 16.5. The topological polar surface area (TPSA) is 67.6 Å². The molecule has 6 nitrogen and oxygen atoms in total. The average Bonchev–Trinajstić information content (AvgIpc) is 2.80. The molecule has 2 aromatic rings. The summed E-state index contributed by atoms with van der Waals surface area (Å²) in [6.07, 6.45) is 4.90. The van der Waals surface area contributed by atoms with Gasteiger partial charge in [-0.05, 0) is 38.1 Å². The van der Waals surface area contributed by atoms with Gasteiger partial charge in [-0.25, -0.2) is 4.98 Å². The maximum atomic E-state index is 12.1. The Morgan fingerprint density at radius 3 is 2.83 bits per heavy atom. The second kappa shape index (κ2) is 7.46. The van der Waals surface area contributed by atoms with E-state index in [9.17, 15) is 4.79 Å². The Bertz CT molecular complexity index is 660. The van der Waals surface area contributed by atoms with E-state index in [1.54, 1.807) is 7.11 Å². The van der Waals surface area contributed by atoms with Gasteiger partial charge in [0.25, 0.3) is 0 Å². The third-order valence-electron chi connectivity index (χ3n) is 4.14. The first-order valence-corrected chi connectivity index (χ1v) is 8.17. The number of nitrogens with one attached hydrogen (secondary N) is 1. The number of amides is 1. The molecule has 1 aromatic carbocycles. The standard InChI is InChI=1S/C17H23N3O3/c1-22-13-6-7-15-14(10-13)19-17(23-15)11-18-16(21)12-20-8-4-2-3-5-9-20/h6-7,10H,2-5,8-9,11-12H2,1H3,(H,18,21). The number of oxazole rings is 1. The Morgan fingerprint density at radius 1 is 1.30 bits per heavy atom. The van der Waals surface area contributed by atoms with Crippen LogP contribution in [0.2, 0.25) is 0 Å². The van der Waals surface area contributed by atoms with Crippen LogP contribution in [0.1, 0.15) is 31.6 Å². The lowest BCUT2D eigenvalue weighted by atomic mass is 10.2. The molecule has 23 heavy (non-hydrogen) atoms. The number of benzene rings is 1. The molecular weight excluding hydrogens is 294 g/mol. The zero-order valence-corrected chi connectivity index (χ0v) is 13.5. The van der Waals surface area contributed by atoms with Crippen molar-refractivity contribution in [1.29, 1.82) is 0 Å². The number of nitrogens with zero attached hydrogens (tertiary/aromatic N) is 2. The molecule has 1 amide bonds. The summed E-state index contributed by atoms with van der Waals surface area (Å²) in [5, 5.41) is 2.89. The van der Waals surface area contributed by atoms with Crippen molar-refractivity contribution >= 4 is 17.0 Å². The van der Waals surface area contributed by atoms with Crippen LogP contribution in [-0.2, 0) is 11.3 Å². The maximum absolute atomic E-state index is 12.1. The SMILES string of the molecule is COc1ccc2oc(CNC(=O)CN3CCCCCC3)nc2c1. The molecule has 0 aliphatic carbocycles. The van der Waals surface area contributed by atoms with E-state index in [1.807, 2.05) is 18.2 Å². The summed E-state index contributed by atoms with van der Waals surface area (Å²) in [6.45, 7) is 2.78. The number of methoxy groups -OCH3 is 1. The molecule has 1 fully saturated rings. The van der Waals surface area contributed by atoms with Crippen LogP contribution in [0.15, 0.2) is 22.6 Å². The Morgan fingerprint density at radius 2 is 2.09 bits per heavy atom. The fourth-order valence-corrected chi connectivity index (χ4v) is 2.89. The molecule has 124 valence electrons. The third-order valence-corrected chi connectivity index (χ3v) is 4.14. The van der Waals surface area contributed by atoms with Gasteiger partial charge in [-0.15, -0.1) is 0 Å². The Kier molecular flexibility index (Phi) is 5.12. The van der Waals surface area contributed by atoms with Crippen LogP contribution in [0.5, 0.6) is 5.75 Å². The van der Waals surface area contributed by atoms with E-state index in [0.29, 0.717) is 24.6 Å². The van der Waals surface area contributed by atoms with Crippen molar-refractivity contribution in [2.75, 3.05) is 26.7 Å². The molecule has 0 saturated carbocycles. The monoisotopic (exact) mass is 317 g/mol. The molecule has 0 bridgehead atoms. The van der Waals surface area contributed by atoms with Crippen molar-refractivity contribution in [3.63, 3.8) is 0 Å². The van der Waals surface area contributed by atoms with Crippen LogP contribution in [0.25, 0.3) is 11.1 Å². The quantitative estimate of drug-likeness (QED) is 0.916. The lowest BCUT2D eigenvalue weighted by Crippen LogP contribution is -2.37. The second-order valence-corrected chi connectivity index (χ2v) is 5.91. The molecule has 1 aliphatic heterocycles. The average molecular weight is 317 g/mol. The van der Waals surface area contributed by atoms with Crippen LogP contribution in [0, 0.1) is 0 Å². The van der Waals surface area contributed by atoms with E-state index < -0.39 is 0 Å². The first-order chi connectivity index (χ1) is 11.2. The Labute approximate surface area is 135 Å². The largest absolute Gasteiger partial charge is 0.497 e. The summed E-state index contributed by atoms with van der Waals surface area (Å²) in [5.41, 5.74) is 1.43. The zero-order chi connectivity index (χ0) is 16.1. The first kappa shape index (κ1) is 15.8. The minimum atomic E-state index is 0.0201. The zero-order valence-electron chi connectivity index (χ0n) is 13.5. The van der Waals surface area contributed by atoms with Gasteiger partial charge in [-0.1, -0.05) is 12.8 Å².